The second-order valence-corrected chi connectivity index (χ2v) is 5.12. The van der Waals surface area contributed by atoms with E-state index in [4.69, 9.17) is 10.2 Å². The molecule has 0 aliphatic carbocycles. The highest BCUT2D eigenvalue weighted by Gasteiger charge is 2.28. The highest BCUT2D eigenvalue weighted by molar-refractivity contribution is 5.86. The van der Waals surface area contributed by atoms with Gasteiger partial charge in [-0.2, -0.15) is 0 Å². The first-order valence-corrected chi connectivity index (χ1v) is 6.47. The third kappa shape index (κ3) is 4.69. The van der Waals surface area contributed by atoms with E-state index in [-0.39, 0.29) is 0 Å². The number of hydrogen-bond acceptors (Lipinski definition) is 4. The number of hydrogen-bond donors (Lipinski definition) is 3. The number of piperidine rings is 1. The molecule has 20 heavy (non-hydrogen) atoms. The van der Waals surface area contributed by atoms with Gasteiger partial charge in [0.1, 0.15) is 6.04 Å². The first-order chi connectivity index (χ1) is 9.31. The summed E-state index contributed by atoms with van der Waals surface area (Å²) in [6.07, 6.45) is 1.00. The minimum Gasteiger partial charge on any atom is -0.481 e. The Morgan fingerprint density at radius 3 is 2.20 bits per heavy atom. The average molecular weight is 287 g/mol. The second-order valence-electron chi connectivity index (χ2n) is 5.12. The Morgan fingerprint density at radius 1 is 1.25 bits per heavy atom. The van der Waals surface area contributed by atoms with Crippen LogP contribution in [0.2, 0.25) is 0 Å². The lowest BCUT2D eigenvalue weighted by Crippen LogP contribution is -2.52. The molecule has 1 rings (SSSR count). The Morgan fingerprint density at radius 2 is 1.80 bits per heavy atom. The number of carbonyl (C=O) groups is 3. The number of carbonyl (C=O) groups excluding carboxylic acids is 1. The highest BCUT2D eigenvalue weighted by atomic mass is 16.4. The van der Waals surface area contributed by atoms with E-state index >= 15 is 0 Å². The van der Waals surface area contributed by atoms with E-state index in [0.717, 1.165) is 12.8 Å². The first kappa shape index (κ1) is 16.2. The lowest BCUT2D eigenvalue weighted by atomic mass is 10.0. The molecule has 0 saturated carbocycles. The van der Waals surface area contributed by atoms with Gasteiger partial charge in [0.15, 0.2) is 0 Å². The van der Waals surface area contributed by atoms with E-state index in [2.05, 4.69) is 10.2 Å². The van der Waals surface area contributed by atoms with Crippen molar-refractivity contribution in [2.75, 3.05) is 27.2 Å². The fourth-order valence-electron chi connectivity index (χ4n) is 2.20. The molecule has 0 radical (unpaired) electrons. The Labute approximate surface area is 117 Å². The fourth-order valence-corrected chi connectivity index (χ4v) is 2.20. The summed E-state index contributed by atoms with van der Waals surface area (Å²) in [5.74, 6) is -2.60. The number of rotatable bonds is 5. The Kier molecular flexibility index (Phi) is 5.75. The number of nitrogens with zero attached hydrogens (tertiary/aromatic N) is 2. The lowest BCUT2D eigenvalue weighted by molar-refractivity contribution is -0.145. The van der Waals surface area contributed by atoms with Gasteiger partial charge in [-0.15, -0.1) is 0 Å². The molecular weight excluding hydrogens is 266 g/mol. The van der Waals surface area contributed by atoms with Gasteiger partial charge in [-0.3, -0.25) is 4.79 Å². The zero-order valence-corrected chi connectivity index (χ0v) is 11.7. The van der Waals surface area contributed by atoms with Crippen molar-refractivity contribution < 1.29 is 24.6 Å². The van der Waals surface area contributed by atoms with Crippen LogP contribution in [0.15, 0.2) is 0 Å². The summed E-state index contributed by atoms with van der Waals surface area (Å²) >= 11 is 0. The third-order valence-corrected chi connectivity index (χ3v) is 3.46. The van der Waals surface area contributed by atoms with Crippen molar-refractivity contribution in [2.24, 2.45) is 0 Å². The number of aliphatic carboxylic acids is 2. The molecule has 114 valence electrons. The molecule has 1 saturated heterocycles. The Bertz CT molecular complexity index is 377. The minimum atomic E-state index is -1.40. The van der Waals surface area contributed by atoms with E-state index in [1.54, 1.807) is 0 Å². The average Bonchev–Trinajstić information content (AvgIpc) is 2.37. The largest absolute Gasteiger partial charge is 0.481 e. The number of carboxylic acids is 2. The molecule has 0 aromatic rings. The summed E-state index contributed by atoms with van der Waals surface area (Å²) in [5.41, 5.74) is 0. The number of amides is 2. The second kappa shape index (κ2) is 7.09. The minimum absolute atomic E-state index is 0.411. The van der Waals surface area contributed by atoms with Crippen LogP contribution in [0.3, 0.4) is 0 Å². The molecule has 1 atom stereocenters. The maximum Gasteiger partial charge on any atom is 0.326 e. The molecule has 2 amide bonds. The molecule has 8 nitrogen and oxygen atoms in total. The van der Waals surface area contributed by atoms with Gasteiger partial charge in [-0.05, 0) is 26.9 Å². The van der Waals surface area contributed by atoms with Gasteiger partial charge in [0.25, 0.3) is 0 Å². The standard InChI is InChI=1S/C12H21N3O5/c1-14(2)8-3-5-15(6-4-8)12(20)13-9(11(18)19)7-10(16)17/h8-9H,3-7H2,1-2H3,(H,13,20)(H,16,17)(H,18,19). The van der Waals surface area contributed by atoms with E-state index in [9.17, 15) is 14.4 Å². The molecular formula is C12H21N3O5. The molecule has 0 aromatic heterocycles. The molecule has 0 bridgehead atoms. The van der Waals surface area contributed by atoms with Crippen molar-refractivity contribution in [1.82, 2.24) is 15.1 Å². The van der Waals surface area contributed by atoms with Crippen LogP contribution < -0.4 is 5.32 Å². The van der Waals surface area contributed by atoms with Gasteiger partial charge in [-0.25, -0.2) is 9.59 Å². The van der Waals surface area contributed by atoms with Crippen molar-refractivity contribution >= 4 is 18.0 Å². The predicted molar refractivity (Wildman–Crippen MR) is 70.5 cm³/mol. The predicted octanol–water partition coefficient (Wildman–Crippen LogP) is -0.350. The summed E-state index contributed by atoms with van der Waals surface area (Å²) in [7, 11) is 3.96. The van der Waals surface area contributed by atoms with Gasteiger partial charge in [0, 0.05) is 19.1 Å². The number of carboxylic acid groups (broad SMARTS) is 2. The molecule has 1 aliphatic heterocycles. The van der Waals surface area contributed by atoms with Crippen LogP contribution in [0.25, 0.3) is 0 Å². The van der Waals surface area contributed by atoms with Crippen molar-refractivity contribution in [3.05, 3.63) is 0 Å². The summed E-state index contributed by atoms with van der Waals surface area (Å²) in [6, 6.07) is -1.50. The van der Waals surface area contributed by atoms with Crippen molar-refractivity contribution in [3.8, 4) is 0 Å². The van der Waals surface area contributed by atoms with Gasteiger partial charge in [-0.1, -0.05) is 0 Å². The van der Waals surface area contributed by atoms with E-state index in [1.165, 1.54) is 4.90 Å². The Balaban J connectivity index is 2.50. The van der Waals surface area contributed by atoms with Crippen LogP contribution in [-0.4, -0.2) is 77.3 Å². The summed E-state index contributed by atoms with van der Waals surface area (Å²) in [4.78, 5) is 37.0. The van der Waals surface area contributed by atoms with E-state index < -0.39 is 30.4 Å². The van der Waals surface area contributed by atoms with Crippen LogP contribution in [0, 0.1) is 0 Å². The van der Waals surface area contributed by atoms with Crippen molar-refractivity contribution in [2.45, 2.75) is 31.3 Å². The summed E-state index contributed by atoms with van der Waals surface area (Å²) < 4.78 is 0. The lowest BCUT2D eigenvalue weighted by Gasteiger charge is -2.35. The molecule has 3 N–H and O–H groups in total. The van der Waals surface area contributed by atoms with Gasteiger partial charge in [0.2, 0.25) is 0 Å². The zero-order valence-electron chi connectivity index (χ0n) is 11.7. The number of nitrogens with one attached hydrogen (secondary N) is 1. The number of urea groups is 1. The van der Waals surface area contributed by atoms with E-state index in [0.29, 0.717) is 19.1 Å². The van der Waals surface area contributed by atoms with Crippen molar-refractivity contribution in [3.63, 3.8) is 0 Å². The van der Waals surface area contributed by atoms with Crippen molar-refractivity contribution in [1.29, 1.82) is 0 Å². The molecule has 1 fully saturated rings. The Hall–Kier alpha value is -1.83. The third-order valence-electron chi connectivity index (χ3n) is 3.46. The maximum atomic E-state index is 11.9. The molecule has 0 spiro atoms. The van der Waals surface area contributed by atoms with Crippen LogP contribution in [0.4, 0.5) is 4.79 Å². The van der Waals surface area contributed by atoms with Gasteiger partial charge >= 0.3 is 18.0 Å². The van der Waals surface area contributed by atoms with Crippen LogP contribution in [0.5, 0.6) is 0 Å². The molecule has 8 heteroatoms. The highest BCUT2D eigenvalue weighted by Crippen LogP contribution is 2.14. The monoisotopic (exact) mass is 287 g/mol. The van der Waals surface area contributed by atoms with Gasteiger partial charge < -0.3 is 25.3 Å². The van der Waals surface area contributed by atoms with Crippen LogP contribution in [-0.2, 0) is 9.59 Å². The zero-order chi connectivity index (χ0) is 15.3. The van der Waals surface area contributed by atoms with E-state index in [1.807, 2.05) is 14.1 Å². The maximum absolute atomic E-state index is 11.9. The topological polar surface area (TPSA) is 110 Å². The van der Waals surface area contributed by atoms with Crippen LogP contribution >= 0.6 is 0 Å². The SMILES string of the molecule is CN(C)C1CCN(C(=O)NC(CC(=O)O)C(=O)O)CC1. The smallest absolute Gasteiger partial charge is 0.326 e. The fraction of sp³-hybridized carbons (Fsp3) is 0.750. The molecule has 1 aliphatic rings. The van der Waals surface area contributed by atoms with Gasteiger partial charge in [0.05, 0.1) is 6.42 Å². The van der Waals surface area contributed by atoms with Crippen LogP contribution in [0.1, 0.15) is 19.3 Å². The molecule has 1 heterocycles. The molecule has 1 unspecified atom stereocenters. The molecule has 0 aromatic carbocycles. The number of likely N-dealkylation sites (tertiary alicyclic amines) is 1. The summed E-state index contributed by atoms with van der Waals surface area (Å²) in [5, 5.41) is 19.8. The summed E-state index contributed by atoms with van der Waals surface area (Å²) in [6.45, 7) is 1.07. The normalized spacial score (nSPS) is 17.9. The quantitative estimate of drug-likeness (QED) is 0.637. The first-order valence-electron chi connectivity index (χ1n) is 6.47.